The van der Waals surface area contributed by atoms with Gasteiger partial charge in [-0.2, -0.15) is 5.26 Å². The summed E-state index contributed by atoms with van der Waals surface area (Å²) in [6.07, 6.45) is 2.87. The summed E-state index contributed by atoms with van der Waals surface area (Å²) < 4.78 is 29.2. The topological polar surface area (TPSA) is 93.4 Å². The van der Waals surface area contributed by atoms with E-state index in [1.807, 2.05) is 0 Å². The quantitative estimate of drug-likeness (QED) is 0.590. The van der Waals surface area contributed by atoms with Gasteiger partial charge in [0.05, 0.1) is 22.9 Å². The van der Waals surface area contributed by atoms with Gasteiger partial charge in [0.25, 0.3) is 0 Å². The van der Waals surface area contributed by atoms with Crippen molar-refractivity contribution in [1.29, 1.82) is 5.26 Å². The second-order valence-electron chi connectivity index (χ2n) is 5.94. The summed E-state index contributed by atoms with van der Waals surface area (Å²) >= 11 is 0. The Balaban J connectivity index is 1.84. The number of nitrogens with zero attached hydrogens (tertiary/aromatic N) is 5. The molecule has 0 unspecified atom stereocenters. The number of anilines is 1. The normalized spacial score (nSPS) is 10.6. The maximum Gasteiger partial charge on any atom is 0.182 e. The molecule has 2 aromatic carbocycles. The average molecular weight is 374 g/mol. The molecule has 28 heavy (non-hydrogen) atoms. The van der Waals surface area contributed by atoms with E-state index >= 15 is 0 Å². The molecule has 0 saturated heterocycles. The Hall–Kier alpha value is -4.12. The number of halogens is 2. The van der Waals surface area contributed by atoms with Crippen molar-refractivity contribution in [3.8, 4) is 34.3 Å². The molecule has 6 nitrogen and oxygen atoms in total. The molecule has 0 radical (unpaired) electrons. The Kier molecular flexibility index (Phi) is 4.26. The van der Waals surface area contributed by atoms with Gasteiger partial charge < -0.3 is 5.73 Å². The van der Waals surface area contributed by atoms with E-state index in [1.165, 1.54) is 23.0 Å². The molecule has 4 rings (SSSR count). The minimum atomic E-state index is -1.02. The Morgan fingerprint density at radius 1 is 1.04 bits per heavy atom. The van der Waals surface area contributed by atoms with Crippen LogP contribution in [0.25, 0.3) is 28.2 Å². The number of nitrogen functional groups attached to an aromatic ring is 1. The lowest BCUT2D eigenvalue weighted by Crippen LogP contribution is -2.04. The molecule has 2 aromatic heterocycles. The molecule has 0 amide bonds. The zero-order chi connectivity index (χ0) is 19.7. The van der Waals surface area contributed by atoms with E-state index in [1.54, 1.807) is 36.5 Å². The van der Waals surface area contributed by atoms with Crippen LogP contribution in [0.3, 0.4) is 0 Å². The van der Waals surface area contributed by atoms with Gasteiger partial charge in [-0.25, -0.2) is 13.8 Å². The third-order valence-corrected chi connectivity index (χ3v) is 4.25. The van der Waals surface area contributed by atoms with Crippen LogP contribution in [0.4, 0.5) is 14.6 Å². The van der Waals surface area contributed by atoms with Crippen LogP contribution in [-0.4, -0.2) is 19.7 Å². The van der Waals surface area contributed by atoms with Crippen LogP contribution in [0, 0.1) is 23.0 Å². The number of aromatic nitrogens is 4. The SMILES string of the molecule is N#Cc1ccc(-c2cnc(N)c(-c3nncn3-c3cccc(F)c3F)c2)cc1. The molecule has 0 fully saturated rings. The van der Waals surface area contributed by atoms with Crippen molar-refractivity contribution in [2.45, 2.75) is 0 Å². The Morgan fingerprint density at radius 2 is 1.82 bits per heavy atom. The molecule has 4 aromatic rings. The van der Waals surface area contributed by atoms with Crippen LogP contribution in [-0.2, 0) is 0 Å². The van der Waals surface area contributed by atoms with E-state index in [9.17, 15) is 8.78 Å². The number of rotatable bonds is 3. The van der Waals surface area contributed by atoms with Crippen molar-refractivity contribution >= 4 is 5.82 Å². The molecule has 2 heterocycles. The van der Waals surface area contributed by atoms with Crippen molar-refractivity contribution in [3.63, 3.8) is 0 Å². The first-order chi connectivity index (χ1) is 13.6. The van der Waals surface area contributed by atoms with Gasteiger partial charge >= 0.3 is 0 Å². The van der Waals surface area contributed by atoms with Crippen LogP contribution in [0.1, 0.15) is 5.56 Å². The first-order valence-corrected chi connectivity index (χ1v) is 8.19. The van der Waals surface area contributed by atoms with E-state index < -0.39 is 11.6 Å². The van der Waals surface area contributed by atoms with Gasteiger partial charge in [-0.3, -0.25) is 4.57 Å². The monoisotopic (exact) mass is 374 g/mol. The number of pyridine rings is 1. The molecule has 0 aliphatic carbocycles. The molecule has 0 spiro atoms. The molecular weight excluding hydrogens is 362 g/mol. The van der Waals surface area contributed by atoms with Gasteiger partial charge in [0.2, 0.25) is 0 Å². The lowest BCUT2D eigenvalue weighted by molar-refractivity contribution is 0.504. The predicted octanol–water partition coefficient (Wildman–Crippen LogP) is 3.73. The highest BCUT2D eigenvalue weighted by Gasteiger charge is 2.18. The number of nitrogens with two attached hydrogens (primary N) is 1. The lowest BCUT2D eigenvalue weighted by Gasteiger charge is -2.11. The number of hydrogen-bond donors (Lipinski definition) is 1. The van der Waals surface area contributed by atoms with Gasteiger partial charge in [-0.15, -0.1) is 10.2 Å². The molecule has 0 atom stereocenters. The fourth-order valence-electron chi connectivity index (χ4n) is 2.82. The number of nitriles is 1. The smallest absolute Gasteiger partial charge is 0.182 e. The standard InChI is InChI=1S/C20H12F2N6/c21-16-2-1-3-17(18(16)22)28-11-26-27-20(28)15-8-14(10-25-19(15)24)13-6-4-12(9-23)5-7-13/h1-8,10-11H,(H2,24,25). The lowest BCUT2D eigenvalue weighted by atomic mass is 10.0. The maximum absolute atomic E-state index is 14.3. The van der Waals surface area contributed by atoms with E-state index in [0.29, 0.717) is 11.1 Å². The molecule has 0 bridgehead atoms. The van der Waals surface area contributed by atoms with Gasteiger partial charge in [0, 0.05) is 11.8 Å². The van der Waals surface area contributed by atoms with Crippen LogP contribution >= 0.6 is 0 Å². The highest BCUT2D eigenvalue weighted by molar-refractivity contribution is 5.76. The summed E-state index contributed by atoms with van der Waals surface area (Å²) in [5.74, 6) is -1.60. The summed E-state index contributed by atoms with van der Waals surface area (Å²) in [4.78, 5) is 4.19. The number of benzene rings is 2. The molecular formula is C20H12F2N6. The number of hydrogen-bond acceptors (Lipinski definition) is 5. The van der Waals surface area contributed by atoms with E-state index in [0.717, 1.165) is 17.2 Å². The zero-order valence-corrected chi connectivity index (χ0v) is 14.3. The zero-order valence-electron chi connectivity index (χ0n) is 14.3. The molecule has 0 aliphatic heterocycles. The molecule has 136 valence electrons. The minimum Gasteiger partial charge on any atom is -0.383 e. The highest BCUT2D eigenvalue weighted by Crippen LogP contribution is 2.30. The second kappa shape index (κ2) is 6.89. The summed E-state index contributed by atoms with van der Waals surface area (Å²) in [6.45, 7) is 0. The predicted molar refractivity (Wildman–Crippen MR) is 99.1 cm³/mol. The van der Waals surface area contributed by atoms with Crippen molar-refractivity contribution < 1.29 is 8.78 Å². The molecule has 0 aliphatic rings. The van der Waals surface area contributed by atoms with E-state index in [2.05, 4.69) is 21.3 Å². The van der Waals surface area contributed by atoms with E-state index in [4.69, 9.17) is 11.0 Å². The van der Waals surface area contributed by atoms with Crippen LogP contribution < -0.4 is 5.73 Å². The highest BCUT2D eigenvalue weighted by atomic mass is 19.2. The second-order valence-corrected chi connectivity index (χ2v) is 5.94. The van der Waals surface area contributed by atoms with Crippen LogP contribution in [0.5, 0.6) is 0 Å². The van der Waals surface area contributed by atoms with Crippen LogP contribution in [0.2, 0.25) is 0 Å². The van der Waals surface area contributed by atoms with Crippen molar-refractivity contribution in [3.05, 3.63) is 78.3 Å². The Morgan fingerprint density at radius 3 is 2.57 bits per heavy atom. The molecule has 2 N–H and O–H groups in total. The fourth-order valence-corrected chi connectivity index (χ4v) is 2.82. The molecule has 8 heteroatoms. The first kappa shape index (κ1) is 17.3. The Bertz CT molecular complexity index is 1210. The minimum absolute atomic E-state index is 0.0387. The van der Waals surface area contributed by atoms with Gasteiger partial charge in [-0.05, 0) is 35.9 Å². The first-order valence-electron chi connectivity index (χ1n) is 8.19. The average Bonchev–Trinajstić information content (AvgIpc) is 3.20. The fraction of sp³-hybridized carbons (Fsp3) is 0. The summed E-state index contributed by atoms with van der Waals surface area (Å²) in [7, 11) is 0. The Labute approximate surface area is 158 Å². The summed E-state index contributed by atoms with van der Waals surface area (Å²) in [5, 5.41) is 16.8. The van der Waals surface area contributed by atoms with Gasteiger partial charge in [0.15, 0.2) is 17.5 Å². The third-order valence-electron chi connectivity index (χ3n) is 4.25. The van der Waals surface area contributed by atoms with Crippen LogP contribution in [0.15, 0.2) is 61.1 Å². The molecule has 0 saturated carbocycles. The maximum atomic E-state index is 14.3. The van der Waals surface area contributed by atoms with Crippen molar-refractivity contribution in [2.24, 2.45) is 0 Å². The van der Waals surface area contributed by atoms with Gasteiger partial charge in [-0.1, -0.05) is 18.2 Å². The summed E-state index contributed by atoms with van der Waals surface area (Å²) in [6, 6.07) is 14.6. The van der Waals surface area contributed by atoms with E-state index in [-0.39, 0.29) is 17.3 Å². The largest absolute Gasteiger partial charge is 0.383 e. The van der Waals surface area contributed by atoms with Gasteiger partial charge in [0.1, 0.15) is 12.1 Å². The van der Waals surface area contributed by atoms with Crippen molar-refractivity contribution in [2.75, 3.05) is 5.73 Å². The third kappa shape index (κ3) is 2.95. The summed E-state index contributed by atoms with van der Waals surface area (Å²) in [5.41, 5.74) is 8.47. The van der Waals surface area contributed by atoms with Crippen molar-refractivity contribution in [1.82, 2.24) is 19.7 Å².